The molecule has 2 rings (SSSR count). The zero-order valence-corrected chi connectivity index (χ0v) is 17.4. The minimum atomic E-state index is -0.396. The summed E-state index contributed by atoms with van der Waals surface area (Å²) < 4.78 is 1.83. The Kier molecular flexibility index (Phi) is 6.86. The molecule has 26 heavy (non-hydrogen) atoms. The smallest absolute Gasteiger partial charge is 0.225 e. The fourth-order valence-electron chi connectivity index (χ4n) is 2.28. The molecule has 0 saturated carbocycles. The molecule has 2 N–H and O–H groups in total. The second kappa shape index (κ2) is 8.70. The quantitative estimate of drug-likeness (QED) is 0.541. The van der Waals surface area contributed by atoms with Crippen LogP contribution in [0.2, 0.25) is 0 Å². The van der Waals surface area contributed by atoms with Crippen LogP contribution in [0.3, 0.4) is 0 Å². The minimum absolute atomic E-state index is 0.0324. The van der Waals surface area contributed by atoms with Gasteiger partial charge >= 0.3 is 0 Å². The van der Waals surface area contributed by atoms with Gasteiger partial charge in [-0.3, -0.25) is 4.79 Å². The van der Waals surface area contributed by atoms with Crippen molar-refractivity contribution in [2.24, 2.45) is 5.41 Å². The lowest BCUT2D eigenvalue weighted by Gasteiger charge is -2.17. The maximum atomic E-state index is 12.0. The predicted octanol–water partition coefficient (Wildman–Crippen LogP) is 3.31. The molecule has 0 unspecified atom stereocenters. The van der Waals surface area contributed by atoms with Gasteiger partial charge in [-0.05, 0) is 6.42 Å². The molecule has 8 heteroatoms. The number of thioether (sulfide) groups is 1. The van der Waals surface area contributed by atoms with Gasteiger partial charge in [0, 0.05) is 23.8 Å². The Morgan fingerprint density at radius 2 is 2.00 bits per heavy atom. The predicted molar refractivity (Wildman–Crippen MR) is 108 cm³/mol. The van der Waals surface area contributed by atoms with Crippen molar-refractivity contribution >= 4 is 34.5 Å². The summed E-state index contributed by atoms with van der Waals surface area (Å²) >= 11 is 1.63. The first-order valence-electron chi connectivity index (χ1n) is 9.14. The second-order valence-corrected chi connectivity index (χ2v) is 9.10. The maximum absolute atomic E-state index is 12.0. The summed E-state index contributed by atoms with van der Waals surface area (Å²) in [5.41, 5.74) is 0.402. The summed E-state index contributed by atoms with van der Waals surface area (Å²) in [6.45, 7) is 14.0. The Balaban J connectivity index is 2.23. The van der Waals surface area contributed by atoms with Crippen molar-refractivity contribution in [2.75, 3.05) is 18.4 Å². The molecule has 0 bridgehead atoms. The van der Waals surface area contributed by atoms with Gasteiger partial charge in [-0.25, -0.2) is 14.6 Å². The normalized spacial score (nSPS) is 12.0. The summed E-state index contributed by atoms with van der Waals surface area (Å²) in [6, 6.07) is 0. The molecule has 2 heterocycles. The standard InChI is InChI=1S/C18H30N6OS/c1-7-8-19-14-13-11-21-24(10-9-20-16(25)18(4,5)6)15(13)23-17(22-14)26-12(2)3/h11-12H,7-10H2,1-6H3,(H,20,25)(H,19,22,23). The van der Waals surface area contributed by atoms with Gasteiger partial charge in [0.25, 0.3) is 0 Å². The largest absolute Gasteiger partial charge is 0.369 e. The molecule has 0 aliphatic heterocycles. The monoisotopic (exact) mass is 378 g/mol. The van der Waals surface area contributed by atoms with E-state index in [1.54, 1.807) is 18.0 Å². The average Bonchev–Trinajstić information content (AvgIpc) is 2.94. The summed E-state index contributed by atoms with van der Waals surface area (Å²) in [4.78, 5) is 21.4. The minimum Gasteiger partial charge on any atom is -0.369 e. The van der Waals surface area contributed by atoms with Gasteiger partial charge in [-0.15, -0.1) is 0 Å². The van der Waals surface area contributed by atoms with Crippen LogP contribution >= 0.6 is 11.8 Å². The SMILES string of the molecule is CCCNc1nc(SC(C)C)nc2c1cnn2CCNC(=O)C(C)(C)C. The lowest BCUT2D eigenvalue weighted by molar-refractivity contribution is -0.128. The molecule has 0 radical (unpaired) electrons. The van der Waals surface area contributed by atoms with Crippen LogP contribution in [0.25, 0.3) is 11.0 Å². The van der Waals surface area contributed by atoms with Crippen LogP contribution in [0.1, 0.15) is 48.0 Å². The summed E-state index contributed by atoms with van der Waals surface area (Å²) in [5, 5.41) is 12.8. The molecule has 0 saturated heterocycles. The molecule has 0 spiro atoms. The van der Waals surface area contributed by atoms with Crippen molar-refractivity contribution in [3.05, 3.63) is 6.20 Å². The molecule has 144 valence electrons. The van der Waals surface area contributed by atoms with E-state index in [1.807, 2.05) is 25.5 Å². The highest BCUT2D eigenvalue weighted by Gasteiger charge is 2.20. The van der Waals surface area contributed by atoms with E-state index in [0.717, 1.165) is 35.0 Å². The number of anilines is 1. The van der Waals surface area contributed by atoms with Crippen LogP contribution in [-0.4, -0.2) is 44.0 Å². The number of hydrogen-bond acceptors (Lipinski definition) is 6. The van der Waals surface area contributed by atoms with E-state index in [2.05, 4.69) is 41.5 Å². The molecule has 2 aromatic rings. The average molecular weight is 379 g/mol. The highest BCUT2D eigenvalue weighted by molar-refractivity contribution is 7.99. The highest BCUT2D eigenvalue weighted by Crippen LogP contribution is 2.26. The number of carbonyl (C=O) groups is 1. The van der Waals surface area contributed by atoms with Crippen molar-refractivity contribution < 1.29 is 4.79 Å². The topological polar surface area (TPSA) is 84.7 Å². The Labute approximate surface area is 159 Å². The number of aromatic nitrogens is 4. The zero-order valence-electron chi connectivity index (χ0n) is 16.6. The van der Waals surface area contributed by atoms with Crippen LogP contribution in [0.15, 0.2) is 11.4 Å². The van der Waals surface area contributed by atoms with Gasteiger partial charge < -0.3 is 10.6 Å². The number of fused-ring (bicyclic) bond motifs is 1. The van der Waals surface area contributed by atoms with E-state index in [-0.39, 0.29) is 5.91 Å². The third kappa shape index (κ3) is 5.33. The van der Waals surface area contributed by atoms with Crippen LogP contribution < -0.4 is 10.6 Å². The lowest BCUT2D eigenvalue weighted by atomic mass is 9.96. The Bertz CT molecular complexity index is 750. The van der Waals surface area contributed by atoms with E-state index < -0.39 is 5.41 Å². The third-order valence-electron chi connectivity index (χ3n) is 3.65. The number of rotatable bonds is 8. The molecule has 0 atom stereocenters. The van der Waals surface area contributed by atoms with Gasteiger partial charge in [-0.2, -0.15) is 5.10 Å². The molecule has 0 fully saturated rings. The molecular weight excluding hydrogens is 348 g/mol. The molecule has 2 aromatic heterocycles. The molecule has 1 amide bonds. The molecular formula is C18H30N6OS. The number of carbonyl (C=O) groups excluding carboxylic acids is 1. The van der Waals surface area contributed by atoms with Crippen LogP contribution in [-0.2, 0) is 11.3 Å². The first-order valence-corrected chi connectivity index (χ1v) is 10.0. The lowest BCUT2D eigenvalue weighted by Crippen LogP contribution is -2.36. The number of amides is 1. The number of hydrogen-bond donors (Lipinski definition) is 2. The van der Waals surface area contributed by atoms with E-state index in [1.165, 1.54) is 0 Å². The highest BCUT2D eigenvalue weighted by atomic mass is 32.2. The Hall–Kier alpha value is -1.83. The van der Waals surface area contributed by atoms with Gasteiger partial charge in [0.1, 0.15) is 5.82 Å². The van der Waals surface area contributed by atoms with E-state index in [0.29, 0.717) is 18.3 Å². The van der Waals surface area contributed by atoms with Crippen molar-refractivity contribution in [2.45, 2.75) is 64.9 Å². The molecule has 7 nitrogen and oxygen atoms in total. The van der Waals surface area contributed by atoms with Gasteiger partial charge in [0.05, 0.1) is 18.1 Å². The Morgan fingerprint density at radius 3 is 2.62 bits per heavy atom. The van der Waals surface area contributed by atoms with E-state index >= 15 is 0 Å². The number of nitrogens with zero attached hydrogens (tertiary/aromatic N) is 4. The Morgan fingerprint density at radius 1 is 1.27 bits per heavy atom. The summed E-state index contributed by atoms with van der Waals surface area (Å²) in [7, 11) is 0. The first kappa shape index (κ1) is 20.5. The van der Waals surface area contributed by atoms with Crippen LogP contribution in [0.4, 0.5) is 5.82 Å². The zero-order chi connectivity index (χ0) is 19.3. The van der Waals surface area contributed by atoms with Crippen molar-refractivity contribution in [3.63, 3.8) is 0 Å². The van der Waals surface area contributed by atoms with E-state index in [4.69, 9.17) is 4.98 Å². The summed E-state index contributed by atoms with van der Waals surface area (Å²) in [6.07, 6.45) is 2.81. The van der Waals surface area contributed by atoms with Crippen LogP contribution in [0.5, 0.6) is 0 Å². The fraction of sp³-hybridized carbons (Fsp3) is 0.667. The van der Waals surface area contributed by atoms with Crippen molar-refractivity contribution in [1.29, 1.82) is 0 Å². The fourth-order valence-corrected chi connectivity index (χ4v) is 2.99. The van der Waals surface area contributed by atoms with Crippen molar-refractivity contribution in [1.82, 2.24) is 25.1 Å². The second-order valence-electron chi connectivity index (χ2n) is 7.56. The summed E-state index contributed by atoms with van der Waals surface area (Å²) in [5.74, 6) is 0.856. The van der Waals surface area contributed by atoms with Crippen LogP contribution in [0, 0.1) is 5.41 Å². The number of nitrogens with one attached hydrogen (secondary N) is 2. The first-order chi connectivity index (χ1) is 12.2. The maximum Gasteiger partial charge on any atom is 0.225 e. The third-order valence-corrected chi connectivity index (χ3v) is 4.51. The molecule has 0 aliphatic rings. The van der Waals surface area contributed by atoms with Gasteiger partial charge in [-0.1, -0.05) is 53.3 Å². The van der Waals surface area contributed by atoms with Crippen molar-refractivity contribution in [3.8, 4) is 0 Å². The molecule has 0 aromatic carbocycles. The van der Waals surface area contributed by atoms with E-state index in [9.17, 15) is 4.79 Å². The van der Waals surface area contributed by atoms with Gasteiger partial charge in [0.15, 0.2) is 10.8 Å². The van der Waals surface area contributed by atoms with Gasteiger partial charge in [0.2, 0.25) is 5.91 Å². The molecule has 0 aliphatic carbocycles.